The van der Waals surface area contributed by atoms with Gasteiger partial charge in [-0.25, -0.2) is 0 Å². The summed E-state index contributed by atoms with van der Waals surface area (Å²) >= 11 is 5.71. The summed E-state index contributed by atoms with van der Waals surface area (Å²) in [6, 6.07) is 0. The van der Waals surface area contributed by atoms with Crippen molar-refractivity contribution in [1.82, 2.24) is 5.32 Å². The summed E-state index contributed by atoms with van der Waals surface area (Å²) in [5, 5.41) is 2.54. The number of alkyl halides is 1. The van der Waals surface area contributed by atoms with Crippen molar-refractivity contribution >= 4 is 17.6 Å². The standard InChI is InChI=1S/C9H18ClNO2/c1-3-4-5-6-11-7-8(10)9(12)13-2/h8,11H,3-7H2,1-2H3. The molecule has 0 heterocycles. The van der Waals surface area contributed by atoms with E-state index in [1.165, 1.54) is 20.0 Å². The van der Waals surface area contributed by atoms with E-state index in [-0.39, 0.29) is 5.97 Å². The Morgan fingerprint density at radius 3 is 2.77 bits per heavy atom. The average molecular weight is 208 g/mol. The zero-order chi connectivity index (χ0) is 10.1. The zero-order valence-electron chi connectivity index (χ0n) is 8.31. The van der Waals surface area contributed by atoms with E-state index in [1.807, 2.05) is 0 Å². The molecule has 0 rings (SSSR count). The van der Waals surface area contributed by atoms with E-state index < -0.39 is 5.38 Å². The summed E-state index contributed by atoms with van der Waals surface area (Å²) < 4.78 is 4.48. The molecule has 0 aliphatic rings. The van der Waals surface area contributed by atoms with E-state index >= 15 is 0 Å². The fourth-order valence-corrected chi connectivity index (χ4v) is 1.14. The predicted molar refractivity (Wildman–Crippen MR) is 54.1 cm³/mol. The number of halogens is 1. The quantitative estimate of drug-likeness (QED) is 0.391. The van der Waals surface area contributed by atoms with Gasteiger partial charge in [-0.05, 0) is 13.0 Å². The maximum absolute atomic E-state index is 10.8. The third-order valence-corrected chi connectivity index (χ3v) is 2.07. The molecule has 4 heteroatoms. The Bertz CT molecular complexity index is 142. The highest BCUT2D eigenvalue weighted by Crippen LogP contribution is 1.97. The smallest absolute Gasteiger partial charge is 0.325 e. The van der Waals surface area contributed by atoms with Crippen LogP contribution >= 0.6 is 11.6 Å². The fourth-order valence-electron chi connectivity index (χ4n) is 0.940. The molecule has 78 valence electrons. The maximum Gasteiger partial charge on any atom is 0.325 e. The number of esters is 1. The second-order valence-corrected chi connectivity index (χ2v) is 3.43. The molecular formula is C9H18ClNO2. The van der Waals surface area contributed by atoms with Crippen LogP contribution in [-0.2, 0) is 9.53 Å². The van der Waals surface area contributed by atoms with E-state index in [0.29, 0.717) is 6.54 Å². The van der Waals surface area contributed by atoms with Gasteiger partial charge in [-0.3, -0.25) is 4.79 Å². The van der Waals surface area contributed by atoms with Gasteiger partial charge in [-0.15, -0.1) is 11.6 Å². The van der Waals surface area contributed by atoms with Gasteiger partial charge in [-0.2, -0.15) is 0 Å². The van der Waals surface area contributed by atoms with Crippen LogP contribution in [-0.4, -0.2) is 31.5 Å². The first kappa shape index (κ1) is 12.7. The number of hydrogen-bond acceptors (Lipinski definition) is 3. The summed E-state index contributed by atoms with van der Waals surface area (Å²) in [6.45, 7) is 3.55. The van der Waals surface area contributed by atoms with Crippen LogP contribution < -0.4 is 5.32 Å². The number of nitrogens with one attached hydrogen (secondary N) is 1. The first-order valence-electron chi connectivity index (χ1n) is 4.65. The van der Waals surface area contributed by atoms with Gasteiger partial charge in [0.15, 0.2) is 0 Å². The number of carbonyl (C=O) groups is 1. The number of ether oxygens (including phenoxy) is 1. The molecule has 0 aliphatic carbocycles. The largest absolute Gasteiger partial charge is 0.468 e. The summed E-state index contributed by atoms with van der Waals surface area (Å²) in [5.74, 6) is -0.371. The van der Waals surface area contributed by atoms with Gasteiger partial charge in [0, 0.05) is 6.54 Å². The lowest BCUT2D eigenvalue weighted by Crippen LogP contribution is -2.30. The van der Waals surface area contributed by atoms with Crippen molar-refractivity contribution in [2.24, 2.45) is 0 Å². The Morgan fingerprint density at radius 2 is 2.23 bits per heavy atom. The first-order valence-corrected chi connectivity index (χ1v) is 5.08. The van der Waals surface area contributed by atoms with Crippen LogP contribution in [0.3, 0.4) is 0 Å². The van der Waals surface area contributed by atoms with Crippen molar-refractivity contribution < 1.29 is 9.53 Å². The highest BCUT2D eigenvalue weighted by atomic mass is 35.5. The molecule has 0 amide bonds. The Kier molecular flexibility index (Phi) is 8.14. The lowest BCUT2D eigenvalue weighted by molar-refractivity contribution is -0.140. The van der Waals surface area contributed by atoms with Crippen LogP contribution in [0.5, 0.6) is 0 Å². The third-order valence-electron chi connectivity index (χ3n) is 1.74. The van der Waals surface area contributed by atoms with E-state index in [4.69, 9.17) is 11.6 Å². The second kappa shape index (κ2) is 8.32. The molecule has 0 aliphatic heterocycles. The van der Waals surface area contributed by atoms with Crippen molar-refractivity contribution in [3.8, 4) is 0 Å². The highest BCUT2D eigenvalue weighted by Gasteiger charge is 2.13. The maximum atomic E-state index is 10.8. The third kappa shape index (κ3) is 6.84. The molecule has 0 aromatic carbocycles. The molecule has 0 radical (unpaired) electrons. The lowest BCUT2D eigenvalue weighted by Gasteiger charge is -2.08. The number of hydrogen-bond donors (Lipinski definition) is 1. The molecule has 0 saturated heterocycles. The number of carbonyl (C=O) groups excluding carboxylic acids is 1. The molecular weight excluding hydrogens is 190 g/mol. The molecule has 1 N–H and O–H groups in total. The molecule has 13 heavy (non-hydrogen) atoms. The van der Waals surface area contributed by atoms with Crippen molar-refractivity contribution in [2.75, 3.05) is 20.2 Å². The van der Waals surface area contributed by atoms with Gasteiger partial charge in [-0.1, -0.05) is 19.8 Å². The van der Waals surface area contributed by atoms with Crippen LogP contribution in [0, 0.1) is 0 Å². The Hall–Kier alpha value is -0.280. The van der Waals surface area contributed by atoms with Crippen LogP contribution in [0.1, 0.15) is 26.2 Å². The van der Waals surface area contributed by atoms with Crippen LogP contribution in [0.4, 0.5) is 0 Å². The lowest BCUT2D eigenvalue weighted by atomic mass is 10.2. The summed E-state index contributed by atoms with van der Waals surface area (Å²) in [7, 11) is 1.34. The fraction of sp³-hybridized carbons (Fsp3) is 0.889. The molecule has 0 bridgehead atoms. The van der Waals surface area contributed by atoms with E-state index in [2.05, 4.69) is 17.0 Å². The molecule has 0 fully saturated rings. The predicted octanol–water partition coefficient (Wildman–Crippen LogP) is 1.55. The van der Waals surface area contributed by atoms with Crippen LogP contribution in [0.2, 0.25) is 0 Å². The Labute approximate surface area is 84.8 Å². The molecule has 1 unspecified atom stereocenters. The van der Waals surface area contributed by atoms with Crippen molar-refractivity contribution in [3.63, 3.8) is 0 Å². The van der Waals surface area contributed by atoms with Crippen LogP contribution in [0.15, 0.2) is 0 Å². The number of methoxy groups -OCH3 is 1. The summed E-state index contributed by atoms with van der Waals surface area (Å²) in [6.07, 6.45) is 3.53. The van der Waals surface area contributed by atoms with Crippen LogP contribution in [0.25, 0.3) is 0 Å². The van der Waals surface area contributed by atoms with E-state index in [0.717, 1.165) is 13.0 Å². The van der Waals surface area contributed by atoms with Gasteiger partial charge in [0.05, 0.1) is 7.11 Å². The molecule has 3 nitrogen and oxygen atoms in total. The minimum Gasteiger partial charge on any atom is -0.468 e. The summed E-state index contributed by atoms with van der Waals surface area (Å²) in [4.78, 5) is 10.8. The zero-order valence-corrected chi connectivity index (χ0v) is 9.06. The van der Waals surface area contributed by atoms with Gasteiger partial charge in [0.2, 0.25) is 0 Å². The topological polar surface area (TPSA) is 38.3 Å². The second-order valence-electron chi connectivity index (χ2n) is 2.90. The average Bonchev–Trinajstić information content (AvgIpc) is 2.16. The minimum absolute atomic E-state index is 0.371. The number of unbranched alkanes of at least 4 members (excludes halogenated alkanes) is 2. The number of rotatable bonds is 7. The molecule has 0 aromatic heterocycles. The van der Waals surface area contributed by atoms with Crippen molar-refractivity contribution in [3.05, 3.63) is 0 Å². The monoisotopic (exact) mass is 207 g/mol. The SMILES string of the molecule is CCCCCNCC(Cl)C(=O)OC. The normalized spacial score (nSPS) is 12.5. The van der Waals surface area contributed by atoms with Gasteiger partial charge in [0.25, 0.3) is 0 Å². The van der Waals surface area contributed by atoms with Gasteiger partial charge < -0.3 is 10.1 Å². The van der Waals surface area contributed by atoms with E-state index in [9.17, 15) is 4.79 Å². The minimum atomic E-state index is -0.563. The molecule has 0 saturated carbocycles. The highest BCUT2D eigenvalue weighted by molar-refractivity contribution is 6.30. The molecule has 0 aromatic rings. The Morgan fingerprint density at radius 1 is 1.54 bits per heavy atom. The first-order chi connectivity index (χ1) is 6.22. The van der Waals surface area contributed by atoms with E-state index in [1.54, 1.807) is 0 Å². The summed E-state index contributed by atoms with van der Waals surface area (Å²) in [5.41, 5.74) is 0. The Balaban J connectivity index is 3.26. The molecule has 0 spiro atoms. The molecule has 1 atom stereocenters. The van der Waals surface area contributed by atoms with Gasteiger partial charge >= 0.3 is 5.97 Å². The van der Waals surface area contributed by atoms with Gasteiger partial charge in [0.1, 0.15) is 5.38 Å². The van der Waals surface area contributed by atoms with Crippen molar-refractivity contribution in [1.29, 1.82) is 0 Å². The van der Waals surface area contributed by atoms with Crippen molar-refractivity contribution in [2.45, 2.75) is 31.6 Å².